The highest BCUT2D eigenvalue weighted by Gasteiger charge is 2.28. The molecule has 1 aromatic rings. The minimum absolute atomic E-state index is 0.165. The van der Waals surface area contributed by atoms with Crippen LogP contribution in [-0.4, -0.2) is 74.9 Å². The number of amides is 1. The van der Waals surface area contributed by atoms with Crippen molar-refractivity contribution < 1.29 is 14.3 Å². The first-order valence-electron chi connectivity index (χ1n) is 10.8. The predicted molar refractivity (Wildman–Crippen MR) is 112 cm³/mol. The molecule has 0 bridgehead atoms. The lowest BCUT2D eigenvalue weighted by molar-refractivity contribution is 0.0436. The molecule has 1 aromatic carbocycles. The number of carbonyl (C=O) groups excluding carboxylic acids is 1. The maximum absolute atomic E-state index is 13.4. The van der Waals surface area contributed by atoms with Gasteiger partial charge in [-0.05, 0) is 70.2 Å². The van der Waals surface area contributed by atoms with E-state index >= 15 is 0 Å². The molecule has 1 atom stereocenters. The summed E-state index contributed by atoms with van der Waals surface area (Å²) < 4.78 is 11.1. The van der Waals surface area contributed by atoms with E-state index in [1.165, 1.54) is 0 Å². The molecule has 1 amide bonds. The van der Waals surface area contributed by atoms with E-state index in [0.29, 0.717) is 5.92 Å². The molecule has 5 nitrogen and oxygen atoms in total. The average molecular weight is 389 g/mol. The third-order valence-corrected chi connectivity index (χ3v) is 6.16. The number of methoxy groups -OCH3 is 1. The highest BCUT2D eigenvalue weighted by molar-refractivity contribution is 5.95. The largest absolute Gasteiger partial charge is 0.383 e. The molecule has 5 heteroatoms. The molecule has 2 aliphatic rings. The van der Waals surface area contributed by atoms with Crippen LogP contribution in [0.25, 0.3) is 0 Å². The SMILES string of the molecule is COCCN1CCC(CN(C[C@H]2CCCO2)C(=O)c2cc(C)ccc2C)CC1. The summed E-state index contributed by atoms with van der Waals surface area (Å²) in [5, 5.41) is 0. The van der Waals surface area contributed by atoms with Crippen LogP contribution in [0.4, 0.5) is 0 Å². The lowest BCUT2D eigenvalue weighted by atomic mass is 9.95. The van der Waals surface area contributed by atoms with Gasteiger partial charge in [-0.1, -0.05) is 17.7 Å². The van der Waals surface area contributed by atoms with E-state index < -0.39 is 0 Å². The molecule has 0 aromatic heterocycles. The fourth-order valence-corrected chi connectivity index (χ4v) is 4.34. The van der Waals surface area contributed by atoms with Gasteiger partial charge in [-0.25, -0.2) is 0 Å². The summed E-state index contributed by atoms with van der Waals surface area (Å²) >= 11 is 0. The number of rotatable bonds is 8. The lowest BCUT2D eigenvalue weighted by Crippen LogP contribution is -2.44. The first-order chi connectivity index (χ1) is 13.6. The van der Waals surface area contributed by atoms with Crippen LogP contribution in [0, 0.1) is 19.8 Å². The quantitative estimate of drug-likeness (QED) is 0.685. The van der Waals surface area contributed by atoms with Crippen LogP contribution in [0.5, 0.6) is 0 Å². The first kappa shape index (κ1) is 21.3. The normalized spacial score (nSPS) is 21.2. The van der Waals surface area contributed by atoms with E-state index in [1.807, 2.05) is 13.0 Å². The minimum Gasteiger partial charge on any atom is -0.383 e. The van der Waals surface area contributed by atoms with Crippen molar-refractivity contribution in [3.63, 3.8) is 0 Å². The van der Waals surface area contributed by atoms with E-state index in [-0.39, 0.29) is 12.0 Å². The Hall–Kier alpha value is -1.43. The zero-order valence-corrected chi connectivity index (χ0v) is 17.8. The fourth-order valence-electron chi connectivity index (χ4n) is 4.34. The van der Waals surface area contributed by atoms with Crippen molar-refractivity contribution in [2.24, 2.45) is 5.92 Å². The number of nitrogens with zero attached hydrogens (tertiary/aromatic N) is 2. The zero-order valence-electron chi connectivity index (χ0n) is 17.8. The first-order valence-corrected chi connectivity index (χ1v) is 10.8. The molecule has 0 unspecified atom stereocenters. The van der Waals surface area contributed by atoms with Crippen molar-refractivity contribution in [3.8, 4) is 0 Å². The lowest BCUT2D eigenvalue weighted by Gasteiger charge is -2.35. The second kappa shape index (κ2) is 10.4. The summed E-state index contributed by atoms with van der Waals surface area (Å²) in [5.74, 6) is 0.729. The van der Waals surface area contributed by atoms with Crippen molar-refractivity contribution in [1.29, 1.82) is 0 Å². The molecule has 2 saturated heterocycles. The van der Waals surface area contributed by atoms with Crippen LogP contribution in [0.2, 0.25) is 0 Å². The summed E-state index contributed by atoms with van der Waals surface area (Å²) in [4.78, 5) is 18.0. The Kier molecular flexibility index (Phi) is 7.89. The van der Waals surface area contributed by atoms with Crippen LogP contribution >= 0.6 is 0 Å². The summed E-state index contributed by atoms with van der Waals surface area (Å²) in [6.07, 6.45) is 4.65. The average Bonchev–Trinajstić information content (AvgIpc) is 3.21. The second-order valence-electron chi connectivity index (χ2n) is 8.44. The number of hydrogen-bond acceptors (Lipinski definition) is 4. The fraction of sp³-hybridized carbons (Fsp3) is 0.696. The molecule has 0 aliphatic carbocycles. The summed E-state index contributed by atoms with van der Waals surface area (Å²) in [7, 11) is 1.76. The van der Waals surface area contributed by atoms with E-state index in [9.17, 15) is 4.79 Å². The third-order valence-electron chi connectivity index (χ3n) is 6.16. The standard InChI is InChI=1S/C23H36N2O3/c1-18-6-7-19(2)22(15-18)23(26)25(17-21-5-4-13-28-21)16-20-8-10-24(11-9-20)12-14-27-3/h6-7,15,20-21H,4-5,8-14,16-17H2,1-3H3/t21-/m1/s1. The number of benzene rings is 1. The van der Waals surface area contributed by atoms with Gasteiger partial charge >= 0.3 is 0 Å². The van der Waals surface area contributed by atoms with Gasteiger partial charge in [0.05, 0.1) is 12.7 Å². The van der Waals surface area contributed by atoms with Gasteiger partial charge in [0.25, 0.3) is 5.91 Å². The molecule has 2 fully saturated rings. The Morgan fingerprint density at radius 3 is 2.68 bits per heavy atom. The molecule has 0 spiro atoms. The van der Waals surface area contributed by atoms with Crippen LogP contribution in [0.3, 0.4) is 0 Å². The summed E-state index contributed by atoms with van der Waals surface area (Å²) in [6.45, 7) is 10.5. The molecular weight excluding hydrogens is 352 g/mol. The van der Waals surface area contributed by atoms with Gasteiger partial charge in [-0.15, -0.1) is 0 Å². The van der Waals surface area contributed by atoms with Crippen LogP contribution < -0.4 is 0 Å². The molecule has 0 radical (unpaired) electrons. The molecule has 3 rings (SSSR count). The Labute approximate surface area is 170 Å². The summed E-state index contributed by atoms with van der Waals surface area (Å²) in [5.41, 5.74) is 3.04. The van der Waals surface area contributed by atoms with Gasteiger partial charge in [-0.2, -0.15) is 0 Å². The van der Waals surface area contributed by atoms with Crippen molar-refractivity contribution in [2.45, 2.75) is 45.6 Å². The minimum atomic E-state index is 0.165. The number of ether oxygens (including phenoxy) is 2. The third kappa shape index (κ3) is 5.79. The van der Waals surface area contributed by atoms with E-state index in [0.717, 1.165) is 88.3 Å². The van der Waals surface area contributed by atoms with Crippen LogP contribution in [-0.2, 0) is 9.47 Å². The smallest absolute Gasteiger partial charge is 0.254 e. The summed E-state index contributed by atoms with van der Waals surface area (Å²) in [6, 6.07) is 6.17. The Balaban J connectivity index is 1.65. The number of aryl methyl sites for hydroxylation is 2. The number of hydrogen-bond donors (Lipinski definition) is 0. The Morgan fingerprint density at radius 2 is 2.00 bits per heavy atom. The maximum atomic E-state index is 13.4. The second-order valence-corrected chi connectivity index (χ2v) is 8.44. The van der Waals surface area contributed by atoms with Crippen molar-refractivity contribution in [1.82, 2.24) is 9.80 Å². The maximum Gasteiger partial charge on any atom is 0.254 e. The van der Waals surface area contributed by atoms with Gasteiger partial charge in [0.1, 0.15) is 0 Å². The van der Waals surface area contributed by atoms with Gasteiger partial charge in [-0.3, -0.25) is 4.79 Å². The Morgan fingerprint density at radius 1 is 1.21 bits per heavy atom. The molecule has 28 heavy (non-hydrogen) atoms. The molecule has 0 saturated carbocycles. The molecular formula is C23H36N2O3. The van der Waals surface area contributed by atoms with Gasteiger partial charge in [0.2, 0.25) is 0 Å². The van der Waals surface area contributed by atoms with Crippen molar-refractivity contribution >= 4 is 5.91 Å². The van der Waals surface area contributed by atoms with Gasteiger partial charge < -0.3 is 19.3 Å². The van der Waals surface area contributed by atoms with E-state index in [1.54, 1.807) is 7.11 Å². The molecule has 2 aliphatic heterocycles. The van der Waals surface area contributed by atoms with E-state index in [2.05, 4.69) is 28.9 Å². The number of piperidine rings is 1. The molecule has 2 heterocycles. The molecule has 156 valence electrons. The van der Waals surface area contributed by atoms with Crippen molar-refractivity contribution in [3.05, 3.63) is 34.9 Å². The Bertz CT molecular complexity index is 635. The highest BCUT2D eigenvalue weighted by atomic mass is 16.5. The van der Waals surface area contributed by atoms with Crippen LogP contribution in [0.15, 0.2) is 18.2 Å². The predicted octanol–water partition coefficient (Wildman–Crippen LogP) is 3.28. The molecule has 0 N–H and O–H groups in total. The van der Waals surface area contributed by atoms with Crippen molar-refractivity contribution in [2.75, 3.05) is 53.0 Å². The van der Waals surface area contributed by atoms with E-state index in [4.69, 9.17) is 9.47 Å². The number of carbonyl (C=O) groups is 1. The van der Waals surface area contributed by atoms with Gasteiger partial charge in [0.15, 0.2) is 0 Å². The monoisotopic (exact) mass is 388 g/mol. The van der Waals surface area contributed by atoms with Crippen LogP contribution in [0.1, 0.15) is 47.2 Å². The topological polar surface area (TPSA) is 42.0 Å². The zero-order chi connectivity index (χ0) is 19.9. The van der Waals surface area contributed by atoms with Gasteiger partial charge in [0, 0.05) is 38.9 Å². The highest BCUT2D eigenvalue weighted by Crippen LogP contribution is 2.23. The number of likely N-dealkylation sites (tertiary alicyclic amines) is 1.